The molecule has 2 aromatic rings. The molecule has 0 fully saturated rings. The van der Waals surface area contributed by atoms with E-state index >= 15 is 0 Å². The Morgan fingerprint density at radius 2 is 1.92 bits per heavy atom. The number of nitrogens with zero attached hydrogens (tertiary/aromatic N) is 1. The third-order valence-electron chi connectivity index (χ3n) is 3.94. The number of nitrogens with two attached hydrogens (primary N) is 1. The summed E-state index contributed by atoms with van der Waals surface area (Å²) < 4.78 is 5.40. The summed E-state index contributed by atoms with van der Waals surface area (Å²) in [5.41, 5.74) is 8.48. The van der Waals surface area contributed by atoms with E-state index in [4.69, 9.17) is 10.5 Å². The van der Waals surface area contributed by atoms with E-state index in [1.54, 1.807) is 0 Å². The topological polar surface area (TPSA) is 96.7 Å². The van der Waals surface area contributed by atoms with Crippen LogP contribution in [0.5, 0.6) is 0 Å². The third kappa shape index (κ3) is 3.75. The number of amides is 3. The van der Waals surface area contributed by atoms with Gasteiger partial charge in [0.2, 0.25) is 0 Å². The molecule has 0 spiro atoms. The van der Waals surface area contributed by atoms with E-state index in [1.165, 1.54) is 11.3 Å². The van der Waals surface area contributed by atoms with Gasteiger partial charge in [-0.25, -0.2) is 4.79 Å². The van der Waals surface area contributed by atoms with Crippen molar-refractivity contribution >= 4 is 39.7 Å². The molecule has 2 heterocycles. The number of thiophene rings is 1. The van der Waals surface area contributed by atoms with Crippen LogP contribution in [0, 0.1) is 0 Å². The summed E-state index contributed by atoms with van der Waals surface area (Å²) in [6.07, 6.45) is 0.624. The zero-order valence-electron chi connectivity index (χ0n) is 14.1. The van der Waals surface area contributed by atoms with Gasteiger partial charge in [-0.2, -0.15) is 0 Å². The lowest BCUT2D eigenvalue weighted by Crippen LogP contribution is -2.22. The first-order valence-corrected chi connectivity index (χ1v) is 8.65. The molecular weight excluding hydrogens is 340 g/mol. The average Bonchev–Trinajstić information content (AvgIpc) is 2.92. The van der Waals surface area contributed by atoms with Gasteiger partial charge in [0.1, 0.15) is 5.00 Å². The molecule has 1 aliphatic heterocycles. The Balaban J connectivity index is 1.74. The fourth-order valence-electron chi connectivity index (χ4n) is 2.69. The van der Waals surface area contributed by atoms with Crippen LogP contribution >= 0.6 is 11.3 Å². The molecule has 25 heavy (non-hydrogen) atoms. The highest BCUT2D eigenvalue weighted by atomic mass is 32.1. The van der Waals surface area contributed by atoms with Gasteiger partial charge in [-0.3, -0.25) is 10.1 Å². The molecule has 132 valence electrons. The Kier molecular flexibility index (Phi) is 4.91. The number of benzene rings is 1. The first-order valence-electron chi connectivity index (χ1n) is 7.83. The number of carbonyl (C=O) groups excluding carboxylic acids is 2. The highest BCUT2D eigenvalue weighted by Gasteiger charge is 2.25. The molecule has 3 amide bonds. The predicted octanol–water partition coefficient (Wildman–Crippen LogP) is 2.63. The standard InChI is InChI=1S/C17H20N4O3S/c1-21(2)11-5-3-10(4-6-11)19-17(23)20-16-14(15(18)22)12-7-8-24-9-13(12)25-16/h3-6H,7-9H2,1-2H3,(H2,18,22)(H2,19,20,23). The Morgan fingerprint density at radius 1 is 1.20 bits per heavy atom. The van der Waals surface area contributed by atoms with Crippen molar-refractivity contribution in [2.24, 2.45) is 5.73 Å². The molecule has 0 atom stereocenters. The second-order valence-corrected chi connectivity index (χ2v) is 7.00. The summed E-state index contributed by atoms with van der Waals surface area (Å²) in [5.74, 6) is -0.537. The normalized spacial score (nSPS) is 13.0. The maximum Gasteiger partial charge on any atom is 0.324 e. The van der Waals surface area contributed by atoms with Gasteiger partial charge in [0.15, 0.2) is 0 Å². The van der Waals surface area contributed by atoms with E-state index in [2.05, 4.69) is 10.6 Å². The number of nitrogens with one attached hydrogen (secondary N) is 2. The summed E-state index contributed by atoms with van der Waals surface area (Å²) in [6, 6.07) is 7.03. The van der Waals surface area contributed by atoms with Crippen LogP contribution < -0.4 is 21.3 Å². The van der Waals surface area contributed by atoms with Crippen LogP contribution in [0.4, 0.5) is 21.2 Å². The van der Waals surface area contributed by atoms with E-state index in [0.29, 0.717) is 35.9 Å². The van der Waals surface area contributed by atoms with Gasteiger partial charge < -0.3 is 20.7 Å². The molecule has 7 nitrogen and oxygen atoms in total. The summed E-state index contributed by atoms with van der Waals surface area (Å²) in [4.78, 5) is 27.0. The summed E-state index contributed by atoms with van der Waals surface area (Å²) in [6.45, 7) is 0.990. The van der Waals surface area contributed by atoms with Crippen molar-refractivity contribution in [3.05, 3.63) is 40.3 Å². The third-order valence-corrected chi connectivity index (χ3v) is 5.06. The van der Waals surface area contributed by atoms with Gasteiger partial charge in [0.05, 0.1) is 18.8 Å². The highest BCUT2D eigenvalue weighted by molar-refractivity contribution is 7.17. The average molecular weight is 360 g/mol. The molecule has 3 rings (SSSR count). The fourth-order valence-corrected chi connectivity index (χ4v) is 3.87. The second-order valence-electron chi connectivity index (χ2n) is 5.90. The number of urea groups is 1. The molecule has 0 saturated carbocycles. The molecule has 0 aliphatic carbocycles. The number of fused-ring (bicyclic) bond motifs is 1. The maximum absolute atomic E-state index is 12.3. The molecule has 0 bridgehead atoms. The smallest absolute Gasteiger partial charge is 0.324 e. The van der Waals surface area contributed by atoms with E-state index in [-0.39, 0.29) is 0 Å². The van der Waals surface area contributed by atoms with Gasteiger partial charge in [-0.05, 0) is 36.2 Å². The fraction of sp³-hybridized carbons (Fsp3) is 0.294. The van der Waals surface area contributed by atoms with Crippen LogP contribution in [0.25, 0.3) is 0 Å². The van der Waals surface area contributed by atoms with Crippen LogP contribution in [-0.2, 0) is 17.8 Å². The number of primary amides is 1. The van der Waals surface area contributed by atoms with Crippen molar-refractivity contribution in [2.45, 2.75) is 13.0 Å². The Bertz CT molecular complexity index is 799. The van der Waals surface area contributed by atoms with E-state index < -0.39 is 11.9 Å². The minimum Gasteiger partial charge on any atom is -0.378 e. The Labute approximate surface area is 149 Å². The zero-order valence-corrected chi connectivity index (χ0v) is 14.9. The monoisotopic (exact) mass is 360 g/mol. The lowest BCUT2D eigenvalue weighted by molar-refractivity contribution is 0.0991. The summed E-state index contributed by atoms with van der Waals surface area (Å²) in [5, 5.41) is 5.96. The van der Waals surface area contributed by atoms with Crippen LogP contribution in [0.2, 0.25) is 0 Å². The first kappa shape index (κ1) is 17.2. The number of hydrogen-bond acceptors (Lipinski definition) is 5. The molecule has 0 saturated heterocycles. The van der Waals surface area contributed by atoms with Crippen LogP contribution in [-0.4, -0.2) is 32.6 Å². The van der Waals surface area contributed by atoms with E-state index in [1.807, 2.05) is 43.3 Å². The molecule has 8 heteroatoms. The van der Waals surface area contributed by atoms with Gasteiger partial charge in [0, 0.05) is 30.3 Å². The van der Waals surface area contributed by atoms with Crippen molar-refractivity contribution in [1.29, 1.82) is 0 Å². The Morgan fingerprint density at radius 3 is 2.56 bits per heavy atom. The molecule has 0 unspecified atom stereocenters. The highest BCUT2D eigenvalue weighted by Crippen LogP contribution is 2.36. The van der Waals surface area contributed by atoms with Gasteiger partial charge in [-0.15, -0.1) is 11.3 Å². The number of hydrogen-bond donors (Lipinski definition) is 3. The van der Waals surface area contributed by atoms with E-state index in [9.17, 15) is 9.59 Å². The largest absolute Gasteiger partial charge is 0.378 e. The molecule has 4 N–H and O–H groups in total. The van der Waals surface area contributed by atoms with Crippen molar-refractivity contribution in [1.82, 2.24) is 0 Å². The SMILES string of the molecule is CN(C)c1ccc(NC(=O)Nc2sc3c(c2C(N)=O)CCOC3)cc1. The lowest BCUT2D eigenvalue weighted by Gasteiger charge is -2.13. The van der Waals surface area contributed by atoms with Crippen molar-refractivity contribution < 1.29 is 14.3 Å². The van der Waals surface area contributed by atoms with Gasteiger partial charge >= 0.3 is 6.03 Å². The molecule has 1 aromatic heterocycles. The second kappa shape index (κ2) is 7.12. The molecule has 1 aromatic carbocycles. The number of carbonyl (C=O) groups is 2. The number of anilines is 3. The molecular formula is C17H20N4O3S. The van der Waals surface area contributed by atoms with Gasteiger partial charge in [0.25, 0.3) is 5.91 Å². The molecule has 1 aliphatic rings. The number of rotatable bonds is 4. The van der Waals surface area contributed by atoms with E-state index in [0.717, 1.165) is 16.1 Å². The van der Waals surface area contributed by atoms with Crippen LogP contribution in [0.15, 0.2) is 24.3 Å². The minimum absolute atomic E-state index is 0.390. The van der Waals surface area contributed by atoms with Crippen molar-refractivity contribution in [3.63, 3.8) is 0 Å². The van der Waals surface area contributed by atoms with Gasteiger partial charge in [-0.1, -0.05) is 0 Å². The number of ether oxygens (including phenoxy) is 1. The van der Waals surface area contributed by atoms with Crippen LogP contribution in [0.1, 0.15) is 20.8 Å². The quantitative estimate of drug-likeness (QED) is 0.781. The predicted molar refractivity (Wildman–Crippen MR) is 99.6 cm³/mol. The molecule has 0 radical (unpaired) electrons. The zero-order chi connectivity index (χ0) is 18.0. The summed E-state index contributed by atoms with van der Waals surface area (Å²) in [7, 11) is 3.89. The summed E-state index contributed by atoms with van der Waals surface area (Å²) >= 11 is 1.33. The maximum atomic E-state index is 12.3. The minimum atomic E-state index is -0.537. The van der Waals surface area contributed by atoms with Crippen LogP contribution in [0.3, 0.4) is 0 Å². The first-order chi connectivity index (χ1) is 12.0. The van der Waals surface area contributed by atoms with Crippen molar-refractivity contribution in [2.75, 3.05) is 36.2 Å². The van der Waals surface area contributed by atoms with Crippen molar-refractivity contribution in [3.8, 4) is 0 Å². The Hall–Kier alpha value is -2.58. The lowest BCUT2D eigenvalue weighted by atomic mass is 10.1.